The van der Waals surface area contributed by atoms with E-state index in [9.17, 15) is 4.79 Å². The Balaban J connectivity index is 0.00000784. The van der Waals surface area contributed by atoms with E-state index >= 15 is 0 Å². The van der Waals surface area contributed by atoms with Crippen molar-refractivity contribution in [2.24, 2.45) is 0 Å². The Morgan fingerprint density at radius 2 is 1.38 bits per heavy atom. The van der Waals surface area contributed by atoms with E-state index < -0.39 is 0 Å². The van der Waals surface area contributed by atoms with Crippen LogP contribution < -0.4 is 5.32 Å². The first-order valence-corrected chi connectivity index (χ1v) is 11.7. The van der Waals surface area contributed by atoms with Crippen molar-refractivity contribution in [1.29, 1.82) is 0 Å². The molecule has 1 amide bonds. The van der Waals surface area contributed by atoms with Gasteiger partial charge in [-0.25, -0.2) is 0 Å². The fourth-order valence-corrected chi connectivity index (χ4v) is 3.59. The summed E-state index contributed by atoms with van der Waals surface area (Å²) in [6.07, 6.45) is 16.3. The predicted octanol–water partition coefficient (Wildman–Crippen LogP) is 6.75. The van der Waals surface area contributed by atoms with Crippen LogP contribution in [-0.4, -0.2) is 30.9 Å². The summed E-state index contributed by atoms with van der Waals surface area (Å²) in [5.41, 5.74) is 1.34. The summed E-state index contributed by atoms with van der Waals surface area (Å²) < 4.78 is 0. The van der Waals surface area contributed by atoms with Crippen LogP contribution in [-0.2, 0) is 11.3 Å². The number of nitrogens with one attached hydrogen (secondary N) is 1. The highest BCUT2D eigenvalue weighted by Crippen LogP contribution is 2.11. The van der Waals surface area contributed by atoms with Crippen molar-refractivity contribution in [3.05, 3.63) is 35.9 Å². The average molecular weight is 425 g/mol. The Kier molecular flexibility index (Phi) is 19.5. The number of nitrogens with zero attached hydrogens (tertiary/aromatic N) is 1. The molecule has 0 heterocycles. The second-order valence-corrected chi connectivity index (χ2v) is 8.21. The molecule has 0 spiro atoms. The van der Waals surface area contributed by atoms with Crippen LogP contribution in [0.2, 0.25) is 0 Å². The van der Waals surface area contributed by atoms with Crippen LogP contribution >= 0.6 is 12.4 Å². The highest BCUT2D eigenvalue weighted by Gasteiger charge is 2.03. The summed E-state index contributed by atoms with van der Waals surface area (Å²) in [5, 5.41) is 3.07. The molecule has 0 radical (unpaired) electrons. The summed E-state index contributed by atoms with van der Waals surface area (Å²) >= 11 is 0. The molecule has 0 fully saturated rings. The fourth-order valence-electron chi connectivity index (χ4n) is 3.59. The lowest BCUT2D eigenvalue weighted by atomic mass is 10.1. The van der Waals surface area contributed by atoms with E-state index in [0.29, 0.717) is 6.42 Å². The van der Waals surface area contributed by atoms with Gasteiger partial charge in [0.15, 0.2) is 0 Å². The van der Waals surface area contributed by atoms with Crippen molar-refractivity contribution in [3.63, 3.8) is 0 Å². The van der Waals surface area contributed by atoms with Crippen LogP contribution in [0.4, 0.5) is 0 Å². The number of amides is 1. The van der Waals surface area contributed by atoms with Crippen LogP contribution in [0.5, 0.6) is 0 Å². The zero-order valence-corrected chi connectivity index (χ0v) is 19.8. The van der Waals surface area contributed by atoms with Gasteiger partial charge in [-0.3, -0.25) is 4.79 Å². The maximum Gasteiger partial charge on any atom is 0.219 e. The van der Waals surface area contributed by atoms with Gasteiger partial charge in [-0.15, -0.1) is 12.4 Å². The molecule has 4 heteroatoms. The Bertz CT molecular complexity index is 481. The number of halogens is 1. The molecule has 0 saturated carbocycles. The second-order valence-electron chi connectivity index (χ2n) is 8.21. The van der Waals surface area contributed by atoms with Gasteiger partial charge in [-0.05, 0) is 32.0 Å². The van der Waals surface area contributed by atoms with E-state index in [2.05, 4.69) is 54.5 Å². The maximum absolute atomic E-state index is 11.9. The van der Waals surface area contributed by atoms with Gasteiger partial charge in [0.2, 0.25) is 5.91 Å². The van der Waals surface area contributed by atoms with Crippen LogP contribution in [0, 0.1) is 0 Å². The molecule has 0 aliphatic carbocycles. The third-order valence-corrected chi connectivity index (χ3v) is 5.34. The van der Waals surface area contributed by atoms with Crippen molar-refractivity contribution < 1.29 is 4.79 Å². The van der Waals surface area contributed by atoms with Crippen LogP contribution in [0.3, 0.4) is 0 Å². The number of unbranched alkanes of at least 4 members (excludes halogenated alkanes) is 10. The molecule has 3 nitrogen and oxygen atoms in total. The summed E-state index contributed by atoms with van der Waals surface area (Å²) in [6.45, 7) is 5.03. The number of carbonyl (C=O) groups excluding carboxylic acids is 1. The minimum Gasteiger partial charge on any atom is -0.356 e. The molecule has 0 unspecified atom stereocenters. The lowest BCUT2D eigenvalue weighted by molar-refractivity contribution is -0.121. The molecule has 1 N–H and O–H groups in total. The molecule has 0 aliphatic rings. The van der Waals surface area contributed by atoms with Crippen molar-refractivity contribution in [2.75, 3.05) is 20.1 Å². The summed E-state index contributed by atoms with van der Waals surface area (Å²) in [5.74, 6) is 0.224. The number of hydrogen-bond donors (Lipinski definition) is 1. The SMILES string of the molecule is CCCCCCCCCCCCCC(=O)NCCCN(C)Cc1ccccc1.Cl. The highest BCUT2D eigenvalue weighted by atomic mass is 35.5. The quantitative estimate of drug-likeness (QED) is 0.264. The number of benzene rings is 1. The second kappa shape index (κ2) is 20.2. The van der Waals surface area contributed by atoms with Crippen molar-refractivity contribution >= 4 is 18.3 Å². The Morgan fingerprint density at radius 1 is 0.828 bits per heavy atom. The summed E-state index contributed by atoms with van der Waals surface area (Å²) in [7, 11) is 2.14. The normalized spacial score (nSPS) is 10.7. The Morgan fingerprint density at radius 3 is 1.97 bits per heavy atom. The molecule has 1 aromatic rings. The smallest absolute Gasteiger partial charge is 0.219 e. The average Bonchev–Trinajstić information content (AvgIpc) is 2.70. The van der Waals surface area contributed by atoms with E-state index in [1.54, 1.807) is 0 Å². The van der Waals surface area contributed by atoms with E-state index in [1.165, 1.54) is 69.8 Å². The first kappa shape index (κ1) is 27.9. The van der Waals surface area contributed by atoms with Crippen LogP contribution in [0.1, 0.15) is 96.0 Å². The molecule has 0 saturated heterocycles. The summed E-state index contributed by atoms with van der Waals surface area (Å²) in [6, 6.07) is 10.5. The van der Waals surface area contributed by atoms with Gasteiger partial charge in [0.05, 0.1) is 0 Å². The first-order chi connectivity index (χ1) is 13.7. The molecule has 0 aromatic heterocycles. The van der Waals surface area contributed by atoms with Gasteiger partial charge in [0.25, 0.3) is 0 Å². The van der Waals surface area contributed by atoms with Crippen molar-refractivity contribution in [3.8, 4) is 0 Å². The van der Waals surface area contributed by atoms with Gasteiger partial charge in [-0.2, -0.15) is 0 Å². The third-order valence-electron chi connectivity index (χ3n) is 5.34. The molecule has 1 aromatic carbocycles. The Hall–Kier alpha value is -1.06. The van der Waals surface area contributed by atoms with Crippen molar-refractivity contribution in [1.82, 2.24) is 10.2 Å². The monoisotopic (exact) mass is 424 g/mol. The van der Waals surface area contributed by atoms with Gasteiger partial charge in [0.1, 0.15) is 0 Å². The standard InChI is InChI=1S/C25H44N2O.ClH/c1-3-4-5-6-7-8-9-10-11-12-16-20-25(28)26-21-17-22-27(2)23-24-18-14-13-15-19-24;/h13-15,18-19H,3-12,16-17,20-23H2,1-2H3,(H,26,28);1H. The number of carbonyl (C=O) groups is 1. The molecular weight excluding hydrogens is 380 g/mol. The number of rotatable bonds is 18. The molecule has 29 heavy (non-hydrogen) atoms. The summed E-state index contributed by atoms with van der Waals surface area (Å²) in [4.78, 5) is 14.2. The first-order valence-electron chi connectivity index (χ1n) is 11.7. The Labute approximate surface area is 186 Å². The molecule has 0 aliphatic heterocycles. The largest absolute Gasteiger partial charge is 0.356 e. The fraction of sp³-hybridized carbons (Fsp3) is 0.720. The van der Waals surface area contributed by atoms with E-state index in [0.717, 1.165) is 32.5 Å². The predicted molar refractivity (Wildman–Crippen MR) is 129 cm³/mol. The molecule has 0 atom stereocenters. The van der Waals surface area contributed by atoms with Crippen LogP contribution in [0.25, 0.3) is 0 Å². The van der Waals surface area contributed by atoms with Gasteiger partial charge in [-0.1, -0.05) is 101 Å². The van der Waals surface area contributed by atoms with Gasteiger partial charge in [0, 0.05) is 19.5 Å². The van der Waals surface area contributed by atoms with E-state index in [1.807, 2.05) is 0 Å². The lowest BCUT2D eigenvalue weighted by Crippen LogP contribution is -2.27. The van der Waals surface area contributed by atoms with Crippen LogP contribution in [0.15, 0.2) is 30.3 Å². The zero-order valence-electron chi connectivity index (χ0n) is 19.0. The minimum atomic E-state index is 0. The van der Waals surface area contributed by atoms with Gasteiger partial charge < -0.3 is 10.2 Å². The van der Waals surface area contributed by atoms with E-state index in [-0.39, 0.29) is 18.3 Å². The maximum atomic E-state index is 11.9. The zero-order chi connectivity index (χ0) is 20.3. The third kappa shape index (κ3) is 17.5. The number of hydrogen-bond acceptors (Lipinski definition) is 2. The van der Waals surface area contributed by atoms with E-state index in [4.69, 9.17) is 0 Å². The highest BCUT2D eigenvalue weighted by molar-refractivity contribution is 5.85. The topological polar surface area (TPSA) is 32.3 Å². The molecule has 1 rings (SSSR count). The molecule has 0 bridgehead atoms. The van der Waals surface area contributed by atoms with Crippen molar-refractivity contribution in [2.45, 2.75) is 96.9 Å². The van der Waals surface area contributed by atoms with Gasteiger partial charge >= 0.3 is 0 Å². The molecular formula is C25H45ClN2O. The minimum absolute atomic E-state index is 0. The lowest BCUT2D eigenvalue weighted by Gasteiger charge is -2.16. The molecule has 168 valence electrons.